The van der Waals surface area contributed by atoms with Gasteiger partial charge in [0.2, 0.25) is 0 Å². The minimum absolute atomic E-state index is 0.128. The Kier molecular flexibility index (Phi) is 5.54. The Balaban J connectivity index is 3.66. The van der Waals surface area contributed by atoms with Gasteiger partial charge in [0.05, 0.1) is 12.2 Å². The van der Waals surface area contributed by atoms with E-state index < -0.39 is 5.97 Å². The normalized spacial score (nSPS) is 10.9. The van der Waals surface area contributed by atoms with Crippen LogP contribution in [0.25, 0.3) is 0 Å². The van der Waals surface area contributed by atoms with Gasteiger partial charge in [-0.1, -0.05) is 0 Å². The zero-order chi connectivity index (χ0) is 9.40. The van der Waals surface area contributed by atoms with Crippen molar-refractivity contribution in [1.82, 2.24) is 10.6 Å². The highest BCUT2D eigenvalue weighted by atomic mass is 16.4. The van der Waals surface area contributed by atoms with Crippen molar-refractivity contribution < 1.29 is 9.90 Å². The molecule has 0 bridgehead atoms. The van der Waals surface area contributed by atoms with E-state index in [1.165, 1.54) is 6.20 Å². The fourth-order valence-corrected chi connectivity index (χ4v) is 0.587. The third-order valence-electron chi connectivity index (χ3n) is 1.04. The first kappa shape index (κ1) is 10.6. The number of hydrogen-bond donors (Lipinski definition) is 4. The third-order valence-corrected chi connectivity index (χ3v) is 1.04. The molecule has 0 aromatic heterocycles. The Labute approximate surface area is 70.2 Å². The number of carboxylic acid groups (broad SMARTS) is 1. The Bertz CT molecular complexity index is 190. The molecule has 6 heteroatoms. The van der Waals surface area contributed by atoms with Crippen LogP contribution in [-0.4, -0.2) is 31.2 Å². The maximum atomic E-state index is 10.1. The quantitative estimate of drug-likeness (QED) is 0.415. The van der Waals surface area contributed by atoms with Crippen molar-refractivity contribution in [1.29, 1.82) is 5.53 Å². The highest BCUT2D eigenvalue weighted by Crippen LogP contribution is 1.89. The van der Waals surface area contributed by atoms with Crippen molar-refractivity contribution >= 4 is 5.97 Å². The molecule has 0 unspecified atom stereocenters. The van der Waals surface area contributed by atoms with E-state index in [-0.39, 0.29) is 13.1 Å². The highest BCUT2D eigenvalue weighted by molar-refractivity contribution is 5.69. The molecule has 0 amide bonds. The van der Waals surface area contributed by atoms with Gasteiger partial charge in [-0.2, -0.15) is 5.11 Å². The summed E-state index contributed by atoms with van der Waals surface area (Å²) in [5.74, 6) is -0.927. The van der Waals surface area contributed by atoms with E-state index in [1.807, 2.05) is 0 Å². The zero-order valence-corrected chi connectivity index (χ0v) is 6.79. The molecule has 0 atom stereocenters. The van der Waals surface area contributed by atoms with E-state index in [9.17, 15) is 4.79 Å². The summed E-state index contributed by atoms with van der Waals surface area (Å²) in [5, 5.41) is 16.7. The number of hydrogen-bond acceptors (Lipinski definition) is 5. The van der Waals surface area contributed by atoms with Crippen LogP contribution in [0.5, 0.6) is 0 Å². The van der Waals surface area contributed by atoms with E-state index >= 15 is 0 Å². The summed E-state index contributed by atoms with van der Waals surface area (Å²) < 4.78 is 0. The molecule has 0 heterocycles. The van der Waals surface area contributed by atoms with Gasteiger partial charge < -0.3 is 15.7 Å². The standard InChI is InChI=1S/C6H12N4O2/c1-8-2-5(10-7)3-9-4-6(11)12/h2,7-9H,3-4H2,1H3,(H,11,12)/b5-2-,10-7?. The minimum Gasteiger partial charge on any atom is -0.480 e. The summed E-state index contributed by atoms with van der Waals surface area (Å²) in [6, 6.07) is 0. The average Bonchev–Trinajstić information content (AvgIpc) is 2.02. The molecule has 0 aromatic rings. The second-order valence-corrected chi connectivity index (χ2v) is 2.03. The molecule has 0 spiro atoms. The van der Waals surface area contributed by atoms with Gasteiger partial charge in [0.25, 0.3) is 0 Å². The van der Waals surface area contributed by atoms with Gasteiger partial charge in [0.15, 0.2) is 0 Å². The van der Waals surface area contributed by atoms with Crippen LogP contribution in [-0.2, 0) is 4.79 Å². The van der Waals surface area contributed by atoms with Crippen LogP contribution in [0.2, 0.25) is 0 Å². The maximum absolute atomic E-state index is 10.1. The summed E-state index contributed by atoms with van der Waals surface area (Å²) >= 11 is 0. The number of carboxylic acids is 1. The predicted molar refractivity (Wildman–Crippen MR) is 42.8 cm³/mol. The lowest BCUT2D eigenvalue weighted by Crippen LogP contribution is -2.24. The molecule has 4 N–H and O–H groups in total. The Morgan fingerprint density at radius 3 is 2.75 bits per heavy atom. The van der Waals surface area contributed by atoms with Crippen LogP contribution in [0.4, 0.5) is 0 Å². The summed E-state index contributed by atoms with van der Waals surface area (Å²) in [6.45, 7) is 0.146. The Hall–Kier alpha value is -1.43. The molecule has 68 valence electrons. The van der Waals surface area contributed by atoms with Gasteiger partial charge in [-0.15, -0.1) is 0 Å². The smallest absolute Gasteiger partial charge is 0.317 e. The van der Waals surface area contributed by atoms with Crippen LogP contribution >= 0.6 is 0 Å². The molecule has 0 aliphatic heterocycles. The number of aliphatic carboxylic acids is 1. The number of nitrogens with zero attached hydrogens (tertiary/aromatic N) is 1. The number of rotatable bonds is 6. The Morgan fingerprint density at radius 1 is 1.67 bits per heavy atom. The second-order valence-electron chi connectivity index (χ2n) is 2.03. The summed E-state index contributed by atoms with van der Waals surface area (Å²) in [5.41, 5.74) is 7.14. The number of carbonyl (C=O) groups is 1. The van der Waals surface area contributed by atoms with Crippen LogP contribution in [0.15, 0.2) is 17.0 Å². The highest BCUT2D eigenvalue weighted by Gasteiger charge is 1.97. The molecule has 0 aliphatic rings. The van der Waals surface area contributed by atoms with Gasteiger partial charge in [-0.05, 0) is 0 Å². The lowest BCUT2D eigenvalue weighted by molar-refractivity contribution is -0.135. The molecule has 12 heavy (non-hydrogen) atoms. The summed E-state index contributed by atoms with van der Waals surface area (Å²) in [4.78, 5) is 10.1. The predicted octanol–water partition coefficient (Wildman–Crippen LogP) is -0.248. The van der Waals surface area contributed by atoms with Crippen LogP contribution in [0, 0.1) is 5.53 Å². The molecular formula is C6H12N4O2. The van der Waals surface area contributed by atoms with E-state index in [0.29, 0.717) is 5.70 Å². The average molecular weight is 172 g/mol. The fraction of sp³-hybridized carbons (Fsp3) is 0.500. The van der Waals surface area contributed by atoms with Crippen LogP contribution in [0.3, 0.4) is 0 Å². The van der Waals surface area contributed by atoms with Crippen molar-refractivity contribution in [2.45, 2.75) is 0 Å². The van der Waals surface area contributed by atoms with Crippen molar-refractivity contribution in [2.24, 2.45) is 5.11 Å². The molecule has 0 fully saturated rings. The monoisotopic (exact) mass is 172 g/mol. The van der Waals surface area contributed by atoms with Crippen molar-refractivity contribution in [3.63, 3.8) is 0 Å². The van der Waals surface area contributed by atoms with Gasteiger partial charge >= 0.3 is 5.97 Å². The van der Waals surface area contributed by atoms with Gasteiger partial charge in [0.1, 0.15) is 0 Å². The lowest BCUT2D eigenvalue weighted by Gasteiger charge is -2.00. The SMILES string of the molecule is CN/C=C(/CNCC(=O)O)N=N. The summed E-state index contributed by atoms with van der Waals surface area (Å²) in [6.07, 6.45) is 1.53. The fourth-order valence-electron chi connectivity index (χ4n) is 0.587. The van der Waals surface area contributed by atoms with Gasteiger partial charge in [-0.3, -0.25) is 4.79 Å². The first-order valence-corrected chi connectivity index (χ1v) is 3.37. The minimum atomic E-state index is -0.927. The molecule has 6 nitrogen and oxygen atoms in total. The lowest BCUT2D eigenvalue weighted by atomic mass is 10.4. The largest absolute Gasteiger partial charge is 0.480 e. The summed E-state index contributed by atoms with van der Waals surface area (Å²) in [7, 11) is 1.68. The topological polar surface area (TPSA) is 97.6 Å². The van der Waals surface area contributed by atoms with Crippen molar-refractivity contribution in [3.8, 4) is 0 Å². The van der Waals surface area contributed by atoms with E-state index in [4.69, 9.17) is 10.6 Å². The van der Waals surface area contributed by atoms with E-state index in [1.54, 1.807) is 7.05 Å². The molecule has 0 aliphatic carbocycles. The van der Waals surface area contributed by atoms with Crippen LogP contribution in [0.1, 0.15) is 0 Å². The van der Waals surface area contributed by atoms with Crippen molar-refractivity contribution in [3.05, 3.63) is 11.9 Å². The molecule has 0 aromatic carbocycles. The van der Waals surface area contributed by atoms with Gasteiger partial charge in [-0.25, -0.2) is 5.53 Å². The third kappa shape index (κ3) is 5.36. The van der Waals surface area contributed by atoms with E-state index in [2.05, 4.69) is 15.7 Å². The molecule has 0 saturated carbocycles. The molecule has 0 saturated heterocycles. The number of nitrogens with one attached hydrogen (secondary N) is 3. The maximum Gasteiger partial charge on any atom is 0.317 e. The first-order valence-electron chi connectivity index (χ1n) is 3.37. The second kappa shape index (κ2) is 6.29. The van der Waals surface area contributed by atoms with E-state index in [0.717, 1.165) is 0 Å². The molecule has 0 rings (SSSR count). The first-order chi connectivity index (χ1) is 5.70. The van der Waals surface area contributed by atoms with Crippen molar-refractivity contribution in [2.75, 3.05) is 20.1 Å². The van der Waals surface area contributed by atoms with Gasteiger partial charge in [0, 0.05) is 19.8 Å². The molecule has 0 radical (unpaired) electrons. The zero-order valence-electron chi connectivity index (χ0n) is 6.79. The van der Waals surface area contributed by atoms with Crippen LogP contribution < -0.4 is 10.6 Å². The Morgan fingerprint density at radius 2 is 2.33 bits per heavy atom. The molecular weight excluding hydrogens is 160 g/mol.